The summed E-state index contributed by atoms with van der Waals surface area (Å²) in [7, 11) is -3.93. The summed E-state index contributed by atoms with van der Waals surface area (Å²) in [5.74, 6) is -2.70. The Hall–Kier alpha value is -1.73. The third-order valence-corrected chi connectivity index (χ3v) is 5.06. The second-order valence-corrected chi connectivity index (χ2v) is 7.47. The monoisotopic (exact) mass is 377 g/mol. The highest BCUT2D eigenvalue weighted by Crippen LogP contribution is 2.41. The van der Waals surface area contributed by atoms with E-state index in [-0.39, 0.29) is 24.1 Å². The minimum atomic E-state index is -5.48. The number of hydrogen-bond acceptors (Lipinski definition) is 12. The molecular weight excluding hydrogens is 361 g/mol. The van der Waals surface area contributed by atoms with Crippen molar-refractivity contribution in [2.24, 2.45) is 0 Å². The Labute approximate surface area is 140 Å². The topological polar surface area (TPSA) is 211 Å². The molecule has 0 saturated carbocycles. The average Bonchev–Trinajstić information content (AvgIpc) is 2.96. The number of aliphatic hydroxyl groups is 3. The summed E-state index contributed by atoms with van der Waals surface area (Å²) in [5, 5.41) is 29.7. The van der Waals surface area contributed by atoms with E-state index in [1.54, 1.807) is 7.05 Å². The van der Waals surface area contributed by atoms with Crippen LogP contribution in [-0.4, -0.2) is 69.4 Å². The van der Waals surface area contributed by atoms with Crippen LogP contribution in [0.5, 0.6) is 0 Å². The van der Waals surface area contributed by atoms with Crippen LogP contribution in [-0.2, 0) is 9.30 Å². The van der Waals surface area contributed by atoms with Crippen LogP contribution >= 0.6 is 7.60 Å². The number of fused-ring (bicyclic) bond motifs is 1. The first-order valence-electron chi connectivity index (χ1n) is 7.11. The van der Waals surface area contributed by atoms with E-state index in [9.17, 15) is 34.5 Å². The van der Waals surface area contributed by atoms with Crippen LogP contribution in [0.4, 0.5) is 17.5 Å². The fourth-order valence-electron chi connectivity index (χ4n) is 2.95. The van der Waals surface area contributed by atoms with E-state index >= 15 is 0 Å². The van der Waals surface area contributed by atoms with Gasteiger partial charge < -0.3 is 49.9 Å². The lowest BCUT2D eigenvalue weighted by molar-refractivity contribution is -0.326. The first kappa shape index (κ1) is 18.1. The lowest BCUT2D eigenvalue weighted by Gasteiger charge is -2.38. The van der Waals surface area contributed by atoms with Gasteiger partial charge >= 0.3 is 0 Å². The largest absolute Gasteiger partial charge is 0.809 e. The molecule has 0 amide bonds. The maximum Gasteiger partial charge on any atom is 0.278 e. The molecule has 14 heteroatoms. The molecule has 3 heterocycles. The minimum Gasteiger partial charge on any atom is -0.809 e. The van der Waals surface area contributed by atoms with Crippen molar-refractivity contribution < 1.29 is 34.4 Å². The number of anilines is 3. The first-order chi connectivity index (χ1) is 11.5. The molecule has 13 nitrogen and oxygen atoms in total. The summed E-state index contributed by atoms with van der Waals surface area (Å²) in [6.45, 7) is -0.00145. The second-order valence-electron chi connectivity index (χ2n) is 5.86. The van der Waals surface area contributed by atoms with Crippen LogP contribution in [0.25, 0.3) is 0 Å². The molecule has 3 rings (SSSR count). The van der Waals surface area contributed by atoms with E-state index in [0.717, 1.165) is 0 Å². The first-order valence-corrected chi connectivity index (χ1v) is 8.72. The molecular formula is C11H16N5O8P-2. The molecule has 0 radical (unpaired) electrons. The van der Waals surface area contributed by atoms with E-state index in [1.165, 1.54) is 9.80 Å². The number of nitrogen functional groups attached to an aromatic ring is 1. The molecule has 0 aromatic carbocycles. The Morgan fingerprint density at radius 1 is 1.44 bits per heavy atom. The number of nitrogens with two attached hydrogens (primary N) is 1. The smallest absolute Gasteiger partial charge is 0.278 e. The normalized spacial score (nSPS) is 30.6. The fraction of sp³-hybridized carbons (Fsp3) is 0.636. The molecule has 1 saturated heterocycles. The average molecular weight is 377 g/mol. The Kier molecular flexibility index (Phi) is 4.28. The molecule has 0 aliphatic carbocycles. The van der Waals surface area contributed by atoms with Gasteiger partial charge in [0.25, 0.3) is 5.56 Å². The van der Waals surface area contributed by atoms with Crippen LogP contribution < -0.4 is 30.9 Å². The maximum atomic E-state index is 12.0. The van der Waals surface area contributed by atoms with Crippen molar-refractivity contribution in [2.75, 3.05) is 29.2 Å². The van der Waals surface area contributed by atoms with Crippen LogP contribution in [0.1, 0.15) is 0 Å². The molecule has 0 spiro atoms. The third-order valence-electron chi connectivity index (χ3n) is 4.11. The molecule has 2 aliphatic heterocycles. The lowest BCUT2D eigenvalue weighted by Crippen LogP contribution is -2.45. The number of rotatable bonds is 3. The number of nitrogens with zero attached hydrogens (tertiary/aromatic N) is 3. The van der Waals surface area contributed by atoms with Crippen LogP contribution in [0, 0.1) is 0 Å². The van der Waals surface area contributed by atoms with Gasteiger partial charge in [0.05, 0.1) is 6.67 Å². The molecule has 1 unspecified atom stereocenters. The zero-order chi connectivity index (χ0) is 18.7. The van der Waals surface area contributed by atoms with E-state index in [1.807, 2.05) is 0 Å². The Morgan fingerprint density at radius 2 is 2.08 bits per heavy atom. The van der Waals surface area contributed by atoms with E-state index in [4.69, 9.17) is 10.5 Å². The van der Waals surface area contributed by atoms with Crippen molar-refractivity contribution in [2.45, 2.75) is 30.4 Å². The second kappa shape index (κ2) is 5.92. The van der Waals surface area contributed by atoms with Gasteiger partial charge in [-0.2, -0.15) is 4.98 Å². The highest BCUT2D eigenvalue weighted by Gasteiger charge is 2.51. The van der Waals surface area contributed by atoms with E-state index in [0.29, 0.717) is 0 Å². The summed E-state index contributed by atoms with van der Waals surface area (Å²) >= 11 is 0. The Balaban J connectivity index is 1.95. The van der Waals surface area contributed by atoms with Crippen molar-refractivity contribution in [1.82, 2.24) is 9.97 Å². The van der Waals surface area contributed by atoms with Gasteiger partial charge in [0.2, 0.25) is 5.95 Å². The Morgan fingerprint density at radius 3 is 2.68 bits per heavy atom. The molecule has 1 aromatic rings. The van der Waals surface area contributed by atoms with E-state index < -0.39 is 43.5 Å². The van der Waals surface area contributed by atoms with Gasteiger partial charge in [-0.15, -0.1) is 0 Å². The van der Waals surface area contributed by atoms with Gasteiger partial charge in [0.1, 0.15) is 29.8 Å². The molecule has 6 N–H and O–H groups in total. The van der Waals surface area contributed by atoms with Gasteiger partial charge in [-0.25, -0.2) is 0 Å². The number of hydrogen-bond donors (Lipinski definition) is 5. The summed E-state index contributed by atoms with van der Waals surface area (Å²) in [5.41, 5.74) is 5.09. The van der Waals surface area contributed by atoms with Crippen molar-refractivity contribution in [3.63, 3.8) is 0 Å². The lowest BCUT2D eigenvalue weighted by atomic mass is 10.1. The number of aliphatic hydroxyl groups excluding tert-OH is 3. The number of aromatic amines is 1. The quantitative estimate of drug-likeness (QED) is 0.314. The summed E-state index contributed by atoms with van der Waals surface area (Å²) in [6, 6.07) is 0. The molecule has 0 bridgehead atoms. The summed E-state index contributed by atoms with van der Waals surface area (Å²) in [4.78, 5) is 43.0. The van der Waals surface area contributed by atoms with E-state index in [2.05, 4.69) is 9.97 Å². The van der Waals surface area contributed by atoms with Gasteiger partial charge in [-0.05, 0) is 7.60 Å². The van der Waals surface area contributed by atoms with Crippen molar-refractivity contribution in [1.29, 1.82) is 0 Å². The predicted molar refractivity (Wildman–Crippen MR) is 79.3 cm³/mol. The molecule has 1 aromatic heterocycles. The number of ether oxygens (including phenoxy) is 1. The zero-order valence-corrected chi connectivity index (χ0v) is 13.7. The third kappa shape index (κ3) is 2.89. The highest BCUT2D eigenvalue weighted by molar-refractivity contribution is 7.49. The van der Waals surface area contributed by atoms with Crippen LogP contribution in [0.3, 0.4) is 0 Å². The zero-order valence-electron chi connectivity index (χ0n) is 12.8. The molecule has 1 fully saturated rings. The standard InChI is InChI=1S/C11H18N5O8P/c1-15-2-16(7-3(15)8(19)14-11(12)13-7)9-5(18)4(17)6(24-9)10(20)25(21,22)23/h4-6,9-10,17-18,20H,2H2,1H3,(H2,21,22,23)(H3,12,13,14,19)/p-2/t4-,5+,6-,9+,10?/m0/s1. The van der Waals surface area contributed by atoms with Crippen LogP contribution in [0.15, 0.2) is 4.79 Å². The van der Waals surface area contributed by atoms with Gasteiger partial charge in [0, 0.05) is 7.05 Å². The summed E-state index contributed by atoms with van der Waals surface area (Å²) < 4.78 is 16.2. The number of aromatic nitrogens is 2. The number of nitrogens with one attached hydrogen (secondary N) is 1. The predicted octanol–water partition coefficient (Wildman–Crippen LogP) is -4.76. The SMILES string of the molecule is CN1CN([C@@H]2O[C@H](C(O)P(=O)([O-])[O-])[C@@H](O)[C@H]2O)c2nc(N)[nH]c(=O)c21. The van der Waals surface area contributed by atoms with Gasteiger partial charge in [-0.1, -0.05) is 0 Å². The fourth-order valence-corrected chi connectivity index (χ4v) is 3.56. The van der Waals surface area contributed by atoms with Crippen LogP contribution in [0.2, 0.25) is 0 Å². The molecule has 25 heavy (non-hydrogen) atoms. The number of H-pyrrole nitrogens is 1. The van der Waals surface area contributed by atoms with Crippen molar-refractivity contribution >= 4 is 25.0 Å². The maximum absolute atomic E-state index is 12.0. The van der Waals surface area contributed by atoms with Gasteiger partial charge in [0.15, 0.2) is 12.0 Å². The summed E-state index contributed by atoms with van der Waals surface area (Å²) in [6.07, 6.45) is -6.73. The van der Waals surface area contributed by atoms with Crippen molar-refractivity contribution in [3.05, 3.63) is 10.4 Å². The van der Waals surface area contributed by atoms with Gasteiger partial charge in [-0.3, -0.25) is 9.78 Å². The molecule has 5 atom stereocenters. The molecule has 2 aliphatic rings. The minimum absolute atomic E-state index is 0.00145. The van der Waals surface area contributed by atoms with Crippen molar-refractivity contribution in [3.8, 4) is 0 Å². The molecule has 140 valence electrons. The highest BCUT2D eigenvalue weighted by atomic mass is 31.2. The Bertz CT molecular complexity index is 782.